The van der Waals surface area contributed by atoms with Gasteiger partial charge in [0.2, 0.25) is 5.13 Å². The average Bonchev–Trinajstić information content (AvgIpc) is 3.22. The fourth-order valence-electron chi connectivity index (χ4n) is 2.64. The number of piperazine rings is 1. The second-order valence-electron chi connectivity index (χ2n) is 5.40. The number of nitrogens with zero attached hydrogens (tertiary/aromatic N) is 5. The van der Waals surface area contributed by atoms with E-state index in [-0.39, 0.29) is 5.82 Å². The molecule has 0 saturated carbocycles. The fraction of sp³-hybridized carbons (Fsp3) is 0.400. The molecule has 2 aromatic heterocycles. The van der Waals surface area contributed by atoms with E-state index in [4.69, 9.17) is 4.42 Å². The lowest BCUT2D eigenvalue weighted by Gasteiger charge is -2.33. The van der Waals surface area contributed by atoms with E-state index in [1.165, 1.54) is 17.6 Å². The maximum atomic E-state index is 13.7. The Labute approximate surface area is 136 Å². The van der Waals surface area contributed by atoms with E-state index in [1.54, 1.807) is 12.1 Å². The van der Waals surface area contributed by atoms with Crippen LogP contribution in [0.5, 0.6) is 0 Å². The average molecular weight is 333 g/mol. The Kier molecular flexibility index (Phi) is 3.60. The fourth-order valence-corrected chi connectivity index (χ4v) is 3.45. The minimum absolute atomic E-state index is 0.293. The second-order valence-corrected chi connectivity index (χ2v) is 6.13. The zero-order valence-electron chi connectivity index (χ0n) is 12.7. The molecule has 1 saturated heterocycles. The number of benzene rings is 1. The third kappa shape index (κ3) is 2.63. The largest absolute Gasteiger partial charge is 0.423 e. The second kappa shape index (κ2) is 5.77. The summed E-state index contributed by atoms with van der Waals surface area (Å²) in [4.78, 5) is 13.1. The Balaban J connectivity index is 1.49. The van der Waals surface area contributed by atoms with Gasteiger partial charge in [0.25, 0.3) is 6.01 Å². The molecule has 4 rings (SSSR count). The van der Waals surface area contributed by atoms with Crippen molar-refractivity contribution in [3.05, 3.63) is 29.8 Å². The summed E-state index contributed by atoms with van der Waals surface area (Å²) >= 11 is 1.44. The zero-order chi connectivity index (χ0) is 15.8. The van der Waals surface area contributed by atoms with Crippen molar-refractivity contribution in [2.45, 2.75) is 13.3 Å². The van der Waals surface area contributed by atoms with Gasteiger partial charge in [-0.15, -0.1) is 0 Å². The van der Waals surface area contributed by atoms with Gasteiger partial charge in [0.1, 0.15) is 11.3 Å². The summed E-state index contributed by atoms with van der Waals surface area (Å²) < 4.78 is 23.7. The van der Waals surface area contributed by atoms with Crippen LogP contribution in [0.3, 0.4) is 0 Å². The number of aryl methyl sites for hydroxylation is 1. The molecule has 1 aromatic carbocycles. The Hall–Kier alpha value is -2.22. The van der Waals surface area contributed by atoms with E-state index in [9.17, 15) is 4.39 Å². The molecule has 6 nitrogen and oxygen atoms in total. The van der Waals surface area contributed by atoms with Crippen LogP contribution in [0.4, 0.5) is 15.5 Å². The van der Waals surface area contributed by atoms with Crippen LogP contribution in [-0.4, -0.2) is 40.5 Å². The molecule has 8 heteroatoms. The molecule has 0 unspecified atom stereocenters. The topological polar surface area (TPSA) is 58.3 Å². The van der Waals surface area contributed by atoms with Gasteiger partial charge in [-0.05, 0) is 12.1 Å². The zero-order valence-corrected chi connectivity index (χ0v) is 13.5. The molecule has 0 spiro atoms. The molecule has 0 bridgehead atoms. The molecule has 3 aromatic rings. The van der Waals surface area contributed by atoms with Crippen LogP contribution < -0.4 is 9.80 Å². The number of hydrogen-bond donors (Lipinski definition) is 0. The summed E-state index contributed by atoms with van der Waals surface area (Å²) in [6, 6.07) is 5.24. The molecular weight excluding hydrogens is 317 g/mol. The third-order valence-corrected chi connectivity index (χ3v) is 4.77. The maximum Gasteiger partial charge on any atom is 0.298 e. The Morgan fingerprint density at radius 2 is 1.96 bits per heavy atom. The van der Waals surface area contributed by atoms with Crippen molar-refractivity contribution in [1.29, 1.82) is 0 Å². The molecule has 1 fully saturated rings. The van der Waals surface area contributed by atoms with Gasteiger partial charge in [-0.1, -0.05) is 13.0 Å². The van der Waals surface area contributed by atoms with Crippen LogP contribution in [0.25, 0.3) is 11.1 Å². The number of oxazole rings is 1. The highest BCUT2D eigenvalue weighted by atomic mass is 32.1. The van der Waals surface area contributed by atoms with Gasteiger partial charge in [-0.25, -0.2) is 9.37 Å². The van der Waals surface area contributed by atoms with E-state index >= 15 is 0 Å². The van der Waals surface area contributed by atoms with Gasteiger partial charge in [0.05, 0.1) is 0 Å². The number of hydrogen-bond acceptors (Lipinski definition) is 7. The third-order valence-electron chi connectivity index (χ3n) is 3.95. The van der Waals surface area contributed by atoms with E-state index < -0.39 is 0 Å². The number of halogens is 1. The minimum Gasteiger partial charge on any atom is -0.423 e. The highest BCUT2D eigenvalue weighted by Crippen LogP contribution is 2.26. The standard InChI is InChI=1S/C15H16FN5OS/c1-2-12-17-15(23-19-12)21-8-6-20(7-9-21)14-18-13-10(16)4-3-5-11(13)22-14/h3-5H,2,6-9H2,1H3. The van der Waals surface area contributed by atoms with Crippen molar-refractivity contribution < 1.29 is 8.81 Å². The van der Waals surface area contributed by atoms with Gasteiger partial charge in [0, 0.05) is 44.1 Å². The molecule has 3 heterocycles. The monoisotopic (exact) mass is 333 g/mol. The lowest BCUT2D eigenvalue weighted by Crippen LogP contribution is -2.46. The first-order valence-corrected chi connectivity index (χ1v) is 8.39. The summed E-state index contributed by atoms with van der Waals surface area (Å²) in [6.07, 6.45) is 0.852. The number of fused-ring (bicyclic) bond motifs is 1. The quantitative estimate of drug-likeness (QED) is 0.734. The Morgan fingerprint density at radius 3 is 2.65 bits per heavy atom. The van der Waals surface area contributed by atoms with Gasteiger partial charge in [-0.3, -0.25) is 0 Å². The molecular formula is C15H16FN5OS. The molecule has 0 N–H and O–H groups in total. The van der Waals surface area contributed by atoms with Crippen molar-refractivity contribution in [2.24, 2.45) is 0 Å². The minimum atomic E-state index is -0.350. The first kappa shape index (κ1) is 14.4. The van der Waals surface area contributed by atoms with Gasteiger partial charge >= 0.3 is 0 Å². The number of aromatic nitrogens is 3. The lowest BCUT2D eigenvalue weighted by atomic mass is 10.3. The SMILES string of the molecule is CCc1nsc(N2CCN(c3nc4c(F)cccc4o3)CC2)n1. The molecule has 0 aliphatic carbocycles. The molecule has 1 aliphatic heterocycles. The van der Waals surface area contributed by atoms with Gasteiger partial charge in [-0.2, -0.15) is 9.36 Å². The molecule has 0 radical (unpaired) electrons. The van der Waals surface area contributed by atoms with Crippen molar-refractivity contribution in [2.75, 3.05) is 36.0 Å². The van der Waals surface area contributed by atoms with Crippen molar-refractivity contribution in [3.8, 4) is 0 Å². The normalized spacial score (nSPS) is 15.6. The molecule has 1 aliphatic rings. The predicted molar refractivity (Wildman–Crippen MR) is 87.7 cm³/mol. The maximum absolute atomic E-state index is 13.7. The summed E-state index contributed by atoms with van der Waals surface area (Å²) in [5.41, 5.74) is 0.779. The highest BCUT2D eigenvalue weighted by molar-refractivity contribution is 7.09. The van der Waals surface area contributed by atoms with Crippen LogP contribution in [-0.2, 0) is 6.42 Å². The molecule has 23 heavy (non-hydrogen) atoms. The Bertz CT molecular complexity index is 824. The summed E-state index contributed by atoms with van der Waals surface area (Å²) in [6.45, 7) is 5.21. The summed E-state index contributed by atoms with van der Waals surface area (Å²) in [7, 11) is 0. The van der Waals surface area contributed by atoms with E-state index in [0.29, 0.717) is 17.1 Å². The molecule has 0 atom stereocenters. The van der Waals surface area contributed by atoms with Crippen LogP contribution in [0.15, 0.2) is 22.6 Å². The van der Waals surface area contributed by atoms with Crippen molar-refractivity contribution in [1.82, 2.24) is 14.3 Å². The van der Waals surface area contributed by atoms with E-state index in [0.717, 1.165) is 43.6 Å². The first-order valence-electron chi connectivity index (χ1n) is 7.62. The van der Waals surface area contributed by atoms with Gasteiger partial charge < -0.3 is 14.2 Å². The molecule has 120 valence electrons. The summed E-state index contributed by atoms with van der Waals surface area (Å²) in [5.74, 6) is 0.541. The summed E-state index contributed by atoms with van der Waals surface area (Å²) in [5, 5.41) is 0.963. The van der Waals surface area contributed by atoms with Crippen LogP contribution >= 0.6 is 11.5 Å². The Morgan fingerprint density at radius 1 is 1.17 bits per heavy atom. The number of para-hydroxylation sites is 1. The highest BCUT2D eigenvalue weighted by Gasteiger charge is 2.23. The van der Waals surface area contributed by atoms with Gasteiger partial charge in [0.15, 0.2) is 11.4 Å². The van der Waals surface area contributed by atoms with E-state index in [1.807, 2.05) is 4.90 Å². The first-order chi connectivity index (χ1) is 11.2. The lowest BCUT2D eigenvalue weighted by molar-refractivity contribution is 0.541. The van der Waals surface area contributed by atoms with Crippen molar-refractivity contribution >= 4 is 33.8 Å². The number of anilines is 2. The molecule has 0 amide bonds. The van der Waals surface area contributed by atoms with Crippen LogP contribution in [0.2, 0.25) is 0 Å². The number of rotatable bonds is 3. The van der Waals surface area contributed by atoms with Crippen molar-refractivity contribution in [3.63, 3.8) is 0 Å². The van der Waals surface area contributed by atoms with E-state index in [2.05, 4.69) is 26.2 Å². The van der Waals surface area contributed by atoms with Crippen LogP contribution in [0, 0.1) is 5.82 Å². The predicted octanol–water partition coefficient (Wildman–Crippen LogP) is 2.71. The van der Waals surface area contributed by atoms with Crippen LogP contribution in [0.1, 0.15) is 12.7 Å². The smallest absolute Gasteiger partial charge is 0.298 e.